The zero-order valence-corrected chi connectivity index (χ0v) is 36.5. The number of hydrogen-bond donors (Lipinski definition) is 0. The fraction of sp³-hybridized carbons (Fsp3) is 0.296. The van der Waals surface area contributed by atoms with Crippen molar-refractivity contribution in [2.75, 3.05) is 9.80 Å². The topological polar surface area (TPSA) is 15.7 Å². The van der Waals surface area contributed by atoms with Crippen LogP contribution in [0.2, 0.25) is 0 Å². The molecular formula is C54H57BN2O. The Labute approximate surface area is 347 Å². The molecule has 58 heavy (non-hydrogen) atoms. The minimum absolute atomic E-state index is 0.0110. The average Bonchev–Trinajstić information content (AvgIpc) is 3.40. The summed E-state index contributed by atoms with van der Waals surface area (Å²) in [6.45, 7) is 27.8. The van der Waals surface area contributed by atoms with Crippen molar-refractivity contribution in [3.63, 3.8) is 0 Å². The van der Waals surface area contributed by atoms with E-state index in [4.69, 9.17) is 4.74 Å². The van der Waals surface area contributed by atoms with Crippen LogP contribution in [0, 0.1) is 6.92 Å². The second-order valence-corrected chi connectivity index (χ2v) is 20.4. The van der Waals surface area contributed by atoms with Gasteiger partial charge in [0.15, 0.2) is 0 Å². The van der Waals surface area contributed by atoms with E-state index in [1.165, 1.54) is 61.2 Å². The van der Waals surface area contributed by atoms with Gasteiger partial charge in [-0.05, 0) is 110 Å². The van der Waals surface area contributed by atoms with Crippen molar-refractivity contribution < 1.29 is 4.74 Å². The first-order chi connectivity index (χ1) is 27.3. The normalized spacial score (nSPS) is 15.6. The summed E-state index contributed by atoms with van der Waals surface area (Å²) in [5.41, 5.74) is 19.0. The second-order valence-electron chi connectivity index (χ2n) is 20.4. The summed E-state index contributed by atoms with van der Waals surface area (Å²) in [4.78, 5) is 5.08. The first kappa shape index (κ1) is 38.1. The lowest BCUT2D eigenvalue weighted by Crippen LogP contribution is -2.55. The highest BCUT2D eigenvalue weighted by molar-refractivity contribution is 7.03. The van der Waals surface area contributed by atoms with Gasteiger partial charge in [0.25, 0.3) is 6.71 Å². The van der Waals surface area contributed by atoms with Crippen LogP contribution >= 0.6 is 0 Å². The van der Waals surface area contributed by atoms with Gasteiger partial charge < -0.3 is 14.5 Å². The molecule has 4 heteroatoms. The van der Waals surface area contributed by atoms with Gasteiger partial charge in [0.1, 0.15) is 11.5 Å². The van der Waals surface area contributed by atoms with Gasteiger partial charge in [-0.3, -0.25) is 0 Å². The van der Waals surface area contributed by atoms with Gasteiger partial charge in [0, 0.05) is 51.7 Å². The molecule has 9 rings (SSSR count). The van der Waals surface area contributed by atoms with Crippen molar-refractivity contribution in [1.82, 2.24) is 0 Å². The van der Waals surface area contributed by atoms with Crippen LogP contribution in [0.25, 0.3) is 5.47 Å². The summed E-state index contributed by atoms with van der Waals surface area (Å²) in [5.74, 6) is 1.63. The molecule has 0 saturated carbocycles. The van der Waals surface area contributed by atoms with E-state index >= 15 is 0 Å². The summed E-state index contributed by atoms with van der Waals surface area (Å²) in [5, 5.41) is 0. The number of anilines is 5. The Morgan fingerprint density at radius 3 is 1.62 bits per heavy atom. The van der Waals surface area contributed by atoms with Gasteiger partial charge in [0.2, 0.25) is 0 Å². The lowest BCUT2D eigenvalue weighted by atomic mass is 9.32. The highest BCUT2D eigenvalue weighted by Crippen LogP contribution is 2.57. The van der Waals surface area contributed by atoms with Crippen molar-refractivity contribution in [2.45, 2.75) is 105 Å². The first-order valence-corrected chi connectivity index (χ1v) is 21.1. The largest absolute Gasteiger partial charge is 0.457 e. The van der Waals surface area contributed by atoms with Crippen LogP contribution in [0.3, 0.4) is 0 Å². The van der Waals surface area contributed by atoms with Crippen molar-refractivity contribution in [3.8, 4) is 11.5 Å². The van der Waals surface area contributed by atoms with Gasteiger partial charge in [-0.25, -0.2) is 0 Å². The number of hydrogen-bond acceptors (Lipinski definition) is 3. The summed E-state index contributed by atoms with van der Waals surface area (Å²) in [6.07, 6.45) is 0. The zero-order chi connectivity index (χ0) is 41.1. The summed E-state index contributed by atoms with van der Waals surface area (Å²) in [7, 11) is 0. The highest BCUT2D eigenvalue weighted by atomic mass is 16.5. The number of fused-ring (bicyclic) bond motifs is 5. The number of aryl methyl sites for hydroxylation is 1. The van der Waals surface area contributed by atoms with Gasteiger partial charge in [-0.2, -0.15) is 0 Å². The van der Waals surface area contributed by atoms with Gasteiger partial charge in [-0.1, -0.05) is 155 Å². The molecule has 2 heterocycles. The molecule has 0 radical (unpaired) electrons. The molecule has 0 saturated heterocycles. The average molecular weight is 761 g/mol. The number of rotatable bonds is 4. The molecule has 1 aliphatic carbocycles. The number of benzene rings is 6. The molecule has 0 fully saturated rings. The van der Waals surface area contributed by atoms with E-state index in [-0.39, 0.29) is 28.4 Å². The molecule has 0 atom stereocenters. The molecule has 3 aliphatic rings. The van der Waals surface area contributed by atoms with E-state index in [1.54, 1.807) is 0 Å². The lowest BCUT2D eigenvalue weighted by Gasteiger charge is -2.46. The first-order valence-electron chi connectivity index (χ1n) is 21.1. The van der Waals surface area contributed by atoms with E-state index in [1.807, 2.05) is 30.3 Å². The van der Waals surface area contributed by atoms with E-state index < -0.39 is 0 Å². The minimum Gasteiger partial charge on any atom is -0.457 e. The second kappa shape index (κ2) is 13.0. The summed E-state index contributed by atoms with van der Waals surface area (Å²) >= 11 is 0. The third kappa shape index (κ3) is 6.10. The molecule has 0 N–H and O–H groups in total. The molecule has 292 valence electrons. The van der Waals surface area contributed by atoms with Crippen LogP contribution in [0.4, 0.5) is 28.4 Å². The Hall–Kier alpha value is -5.48. The smallest absolute Gasteiger partial charge is 0.252 e. The Bertz CT molecular complexity index is 2610. The Morgan fingerprint density at radius 1 is 0.517 bits per heavy atom. The van der Waals surface area contributed by atoms with Crippen LogP contribution < -0.4 is 25.5 Å². The van der Waals surface area contributed by atoms with Crippen LogP contribution in [-0.2, 0) is 21.7 Å². The monoisotopic (exact) mass is 760 g/mol. The predicted molar refractivity (Wildman–Crippen MR) is 248 cm³/mol. The predicted octanol–water partition coefficient (Wildman–Crippen LogP) is 13.5. The van der Waals surface area contributed by atoms with E-state index in [0.29, 0.717) is 0 Å². The Kier molecular flexibility index (Phi) is 8.54. The lowest BCUT2D eigenvalue weighted by molar-refractivity contribution is 0.483. The molecule has 2 aliphatic heterocycles. The third-order valence-electron chi connectivity index (χ3n) is 12.8. The molecule has 0 amide bonds. The van der Waals surface area contributed by atoms with Crippen molar-refractivity contribution >= 4 is 51.5 Å². The summed E-state index contributed by atoms with van der Waals surface area (Å²) < 4.78 is 6.86. The number of ether oxygens (including phenoxy) is 1. The van der Waals surface area contributed by atoms with E-state index in [2.05, 4.69) is 190 Å². The Balaban J connectivity index is 1.39. The van der Waals surface area contributed by atoms with Gasteiger partial charge in [-0.15, -0.1) is 0 Å². The molecule has 6 aromatic rings. The maximum absolute atomic E-state index is 6.86. The minimum atomic E-state index is -0.299. The molecule has 6 aromatic carbocycles. The zero-order valence-electron chi connectivity index (χ0n) is 36.5. The quantitative estimate of drug-likeness (QED) is 0.166. The van der Waals surface area contributed by atoms with E-state index in [9.17, 15) is 0 Å². The maximum atomic E-state index is 6.86. The van der Waals surface area contributed by atoms with Crippen molar-refractivity contribution in [2.24, 2.45) is 0 Å². The number of nitrogens with zero attached hydrogens (tertiary/aromatic N) is 2. The molecule has 0 unspecified atom stereocenters. The van der Waals surface area contributed by atoms with Crippen molar-refractivity contribution in [1.29, 1.82) is 0 Å². The molecule has 0 bridgehead atoms. The van der Waals surface area contributed by atoms with Crippen LogP contribution in [-0.4, -0.2) is 6.71 Å². The fourth-order valence-electron chi connectivity index (χ4n) is 9.58. The highest BCUT2D eigenvalue weighted by Gasteiger charge is 2.52. The molecular weight excluding hydrogens is 703 g/mol. The number of allylic oxidation sites excluding steroid dienone is 1. The maximum Gasteiger partial charge on any atom is 0.252 e. The molecule has 0 aromatic heterocycles. The fourth-order valence-corrected chi connectivity index (χ4v) is 9.58. The number of para-hydroxylation sites is 1. The SMILES string of the molecule is Cc1ccc2c(c1)B1C3=C(N(c4ccc(C(C)(C)C)cc4)c4cc(Oc5ccccc5)cc(c41)N2c1ccc(C(C)(C)C)cc1)C(C)(C)c1cc(C(C)(C)C)ccc13. The van der Waals surface area contributed by atoms with Gasteiger partial charge >= 0.3 is 0 Å². The van der Waals surface area contributed by atoms with E-state index in [0.717, 1.165) is 34.2 Å². The van der Waals surface area contributed by atoms with Crippen LogP contribution in [0.1, 0.15) is 110 Å². The Morgan fingerprint density at radius 2 is 1.05 bits per heavy atom. The third-order valence-corrected chi connectivity index (χ3v) is 12.8. The van der Waals surface area contributed by atoms with Gasteiger partial charge in [0.05, 0.1) is 0 Å². The van der Waals surface area contributed by atoms with Crippen LogP contribution in [0.5, 0.6) is 11.5 Å². The van der Waals surface area contributed by atoms with Crippen LogP contribution in [0.15, 0.2) is 133 Å². The standard InChI is InChI=1S/C54H57BN2O/c1-34-18-29-45-44(30-34)55-48-42-28-23-37(53(8,9)10)31-43(42)54(11,12)50(48)57(39-26-21-36(22-27-39)52(5,6)7)47-33-41(58-40-16-14-13-15-17-40)32-46(49(47)55)56(45)38-24-19-35(20-25-38)51(2,3)4/h13-33H,1-12H3. The molecule has 0 spiro atoms. The summed E-state index contributed by atoms with van der Waals surface area (Å²) in [6, 6.07) is 47.7. The van der Waals surface area contributed by atoms with Crippen molar-refractivity contribution in [3.05, 3.63) is 166 Å². The molecule has 3 nitrogen and oxygen atoms in total.